The number of anilines is 2. The monoisotopic (exact) mass is 437 g/mol. The number of nitrogens with zero attached hydrogens (tertiary/aromatic N) is 2. The molecule has 1 amide bonds. The molecule has 0 unspecified atom stereocenters. The van der Waals surface area contributed by atoms with E-state index in [0.717, 1.165) is 29.4 Å². The van der Waals surface area contributed by atoms with Gasteiger partial charge in [0.15, 0.2) is 0 Å². The molecule has 4 rings (SSSR count). The molecule has 162 valence electrons. The van der Waals surface area contributed by atoms with Crippen molar-refractivity contribution in [2.24, 2.45) is 7.05 Å². The van der Waals surface area contributed by atoms with Crippen LogP contribution in [-0.2, 0) is 18.3 Å². The molecule has 3 aromatic rings. The Morgan fingerprint density at radius 2 is 1.84 bits per heavy atom. The Balaban J connectivity index is 1.82. The van der Waals surface area contributed by atoms with Crippen molar-refractivity contribution in [2.75, 3.05) is 16.8 Å². The number of aryl methyl sites for hydroxylation is 1. The maximum absolute atomic E-state index is 13.4. The third kappa shape index (κ3) is 4.19. The summed E-state index contributed by atoms with van der Waals surface area (Å²) in [4.78, 5) is 28.4. The number of pyridine rings is 1. The molecule has 1 aromatic heterocycles. The molecule has 1 aliphatic carbocycles. The van der Waals surface area contributed by atoms with Crippen LogP contribution in [0.25, 0.3) is 10.9 Å². The number of carbonyl (C=O) groups is 1. The standard InChI is InChI=1S/C25H28ClN3O2/c1-3-29(18-12-5-4-6-13-18)22(30)16-19-24(27-17-10-7-8-11-17)23-20(26)14-9-15-21(23)28(2)25(19)31/h4-6,9,12-15,17,27H,3,7-8,10-11,16H2,1-2H3. The third-order valence-electron chi connectivity index (χ3n) is 6.18. The fourth-order valence-corrected chi connectivity index (χ4v) is 4.83. The van der Waals surface area contributed by atoms with Gasteiger partial charge in [0, 0.05) is 30.7 Å². The first-order valence-electron chi connectivity index (χ1n) is 10.9. The highest BCUT2D eigenvalue weighted by Gasteiger charge is 2.25. The van der Waals surface area contributed by atoms with E-state index in [2.05, 4.69) is 5.32 Å². The average molecular weight is 438 g/mol. The van der Waals surface area contributed by atoms with E-state index < -0.39 is 0 Å². The molecule has 1 fully saturated rings. The zero-order valence-electron chi connectivity index (χ0n) is 18.0. The summed E-state index contributed by atoms with van der Waals surface area (Å²) in [5.74, 6) is -0.105. The fourth-order valence-electron chi connectivity index (χ4n) is 4.56. The second-order valence-corrected chi connectivity index (χ2v) is 8.53. The average Bonchev–Trinajstić information content (AvgIpc) is 3.29. The van der Waals surface area contributed by atoms with Crippen molar-refractivity contribution in [2.45, 2.75) is 45.1 Å². The first-order valence-corrected chi connectivity index (χ1v) is 11.3. The van der Waals surface area contributed by atoms with Gasteiger partial charge < -0.3 is 14.8 Å². The minimum atomic E-state index is -0.160. The topological polar surface area (TPSA) is 54.3 Å². The molecule has 0 radical (unpaired) electrons. The van der Waals surface area contributed by atoms with Gasteiger partial charge in [-0.1, -0.05) is 48.7 Å². The summed E-state index contributed by atoms with van der Waals surface area (Å²) in [7, 11) is 1.74. The molecule has 5 nitrogen and oxygen atoms in total. The van der Waals surface area contributed by atoms with Crippen LogP contribution >= 0.6 is 11.6 Å². The number of para-hydroxylation sites is 1. The van der Waals surface area contributed by atoms with E-state index in [-0.39, 0.29) is 23.9 Å². The van der Waals surface area contributed by atoms with Crippen LogP contribution in [0, 0.1) is 0 Å². The molecule has 31 heavy (non-hydrogen) atoms. The lowest BCUT2D eigenvalue weighted by molar-refractivity contribution is -0.117. The lowest BCUT2D eigenvalue weighted by Crippen LogP contribution is -2.35. The number of hydrogen-bond acceptors (Lipinski definition) is 3. The van der Waals surface area contributed by atoms with Crippen LogP contribution in [0.15, 0.2) is 53.3 Å². The van der Waals surface area contributed by atoms with E-state index >= 15 is 0 Å². The van der Waals surface area contributed by atoms with Gasteiger partial charge in [-0.2, -0.15) is 0 Å². The predicted octanol–water partition coefficient (Wildman–Crippen LogP) is 5.14. The number of likely N-dealkylation sites (N-methyl/N-ethyl adjacent to an activating group) is 1. The maximum atomic E-state index is 13.4. The second kappa shape index (κ2) is 9.15. The molecule has 0 spiro atoms. The number of fused-ring (bicyclic) bond motifs is 1. The summed E-state index contributed by atoms with van der Waals surface area (Å²) in [6, 6.07) is 15.4. The smallest absolute Gasteiger partial charge is 0.256 e. The van der Waals surface area contributed by atoms with Crippen molar-refractivity contribution in [3.05, 3.63) is 69.5 Å². The highest BCUT2D eigenvalue weighted by Crippen LogP contribution is 2.34. The summed E-state index contributed by atoms with van der Waals surface area (Å²) in [6.45, 7) is 2.47. The molecule has 1 aliphatic rings. The Morgan fingerprint density at radius 1 is 1.13 bits per heavy atom. The Hall–Kier alpha value is -2.79. The molecule has 0 saturated heterocycles. The van der Waals surface area contributed by atoms with Crippen LogP contribution in [0.4, 0.5) is 11.4 Å². The summed E-state index contributed by atoms with van der Waals surface area (Å²) in [5.41, 5.74) is 2.63. The lowest BCUT2D eigenvalue weighted by atomic mass is 10.0. The Kier molecular flexibility index (Phi) is 6.33. The summed E-state index contributed by atoms with van der Waals surface area (Å²) >= 11 is 6.62. The van der Waals surface area contributed by atoms with Gasteiger partial charge in [0.05, 0.1) is 28.2 Å². The van der Waals surface area contributed by atoms with E-state index in [1.807, 2.05) is 55.5 Å². The first-order chi connectivity index (χ1) is 15.0. The molecule has 0 bridgehead atoms. The van der Waals surface area contributed by atoms with Crippen LogP contribution in [0.3, 0.4) is 0 Å². The Labute approximate surface area is 187 Å². The molecule has 6 heteroatoms. The van der Waals surface area contributed by atoms with Gasteiger partial charge in [0.2, 0.25) is 5.91 Å². The van der Waals surface area contributed by atoms with Gasteiger partial charge in [-0.25, -0.2) is 0 Å². The normalized spacial score (nSPS) is 14.2. The SMILES string of the molecule is CCN(C(=O)Cc1c(NC2CCCC2)c2c(Cl)cccc2n(C)c1=O)c1ccccc1. The van der Waals surface area contributed by atoms with Crippen LogP contribution in [0.5, 0.6) is 0 Å². The van der Waals surface area contributed by atoms with Crippen molar-refractivity contribution in [1.82, 2.24) is 4.57 Å². The summed E-state index contributed by atoms with van der Waals surface area (Å²) < 4.78 is 1.60. The minimum Gasteiger partial charge on any atom is -0.381 e. The van der Waals surface area contributed by atoms with Crippen molar-refractivity contribution in [1.29, 1.82) is 0 Å². The molecule has 1 N–H and O–H groups in total. The van der Waals surface area contributed by atoms with Gasteiger partial charge in [-0.15, -0.1) is 0 Å². The first kappa shape index (κ1) is 21.4. The molecular formula is C25H28ClN3O2. The van der Waals surface area contributed by atoms with Crippen LogP contribution in [-0.4, -0.2) is 23.1 Å². The van der Waals surface area contributed by atoms with Crippen LogP contribution < -0.4 is 15.8 Å². The van der Waals surface area contributed by atoms with Gasteiger partial charge in [-0.05, 0) is 44.0 Å². The Bertz CT molecular complexity index is 1150. The third-order valence-corrected chi connectivity index (χ3v) is 6.50. The number of benzene rings is 2. The summed E-state index contributed by atoms with van der Waals surface area (Å²) in [6.07, 6.45) is 4.46. The largest absolute Gasteiger partial charge is 0.381 e. The molecule has 1 saturated carbocycles. The number of amides is 1. The van der Waals surface area contributed by atoms with Crippen LogP contribution in [0.2, 0.25) is 5.02 Å². The van der Waals surface area contributed by atoms with Gasteiger partial charge >= 0.3 is 0 Å². The maximum Gasteiger partial charge on any atom is 0.256 e. The number of rotatable bonds is 6. The van der Waals surface area contributed by atoms with Crippen LogP contribution in [0.1, 0.15) is 38.2 Å². The van der Waals surface area contributed by atoms with Gasteiger partial charge in [0.25, 0.3) is 5.56 Å². The number of carbonyl (C=O) groups excluding carboxylic acids is 1. The van der Waals surface area contributed by atoms with Crippen molar-refractivity contribution >= 4 is 39.8 Å². The van der Waals surface area contributed by atoms with Crippen molar-refractivity contribution in [3.8, 4) is 0 Å². The van der Waals surface area contributed by atoms with E-state index in [4.69, 9.17) is 11.6 Å². The van der Waals surface area contributed by atoms with E-state index in [1.165, 1.54) is 12.8 Å². The highest BCUT2D eigenvalue weighted by molar-refractivity contribution is 6.36. The Morgan fingerprint density at radius 3 is 2.52 bits per heavy atom. The van der Waals surface area contributed by atoms with Crippen molar-refractivity contribution in [3.63, 3.8) is 0 Å². The zero-order chi connectivity index (χ0) is 22.0. The predicted molar refractivity (Wildman–Crippen MR) is 128 cm³/mol. The summed E-state index contributed by atoms with van der Waals surface area (Å²) in [5, 5.41) is 4.99. The minimum absolute atomic E-state index is 0.0195. The lowest BCUT2D eigenvalue weighted by Gasteiger charge is -2.24. The molecular weight excluding hydrogens is 410 g/mol. The van der Waals surface area contributed by atoms with Gasteiger partial charge in [0.1, 0.15) is 0 Å². The number of aromatic nitrogens is 1. The molecule has 2 aromatic carbocycles. The van der Waals surface area contributed by atoms with E-state index in [0.29, 0.717) is 22.8 Å². The molecule has 0 atom stereocenters. The number of nitrogens with one attached hydrogen (secondary N) is 1. The van der Waals surface area contributed by atoms with Crippen molar-refractivity contribution < 1.29 is 4.79 Å². The quantitative estimate of drug-likeness (QED) is 0.580. The number of halogens is 1. The fraction of sp³-hybridized carbons (Fsp3) is 0.360. The molecule has 1 heterocycles. The van der Waals surface area contributed by atoms with E-state index in [9.17, 15) is 9.59 Å². The zero-order valence-corrected chi connectivity index (χ0v) is 18.8. The second-order valence-electron chi connectivity index (χ2n) is 8.13. The van der Waals surface area contributed by atoms with E-state index in [1.54, 1.807) is 16.5 Å². The number of hydrogen-bond donors (Lipinski definition) is 1. The molecule has 0 aliphatic heterocycles. The van der Waals surface area contributed by atoms with Gasteiger partial charge in [-0.3, -0.25) is 9.59 Å². The highest BCUT2D eigenvalue weighted by atomic mass is 35.5.